The molecule has 1 rings (SSSR count). The highest BCUT2D eigenvalue weighted by Gasteiger charge is 2.05. The molecule has 1 aromatic heterocycles. The van der Waals surface area contributed by atoms with Gasteiger partial charge in [-0.25, -0.2) is 0 Å². The molecule has 1 aromatic rings. The topological polar surface area (TPSA) is 82.2 Å². The predicted molar refractivity (Wildman–Crippen MR) is 50.2 cm³/mol. The minimum Gasteiger partial charge on any atom is -0.481 e. The van der Waals surface area contributed by atoms with Gasteiger partial charge in [0.25, 0.3) is 0 Å². The van der Waals surface area contributed by atoms with E-state index in [-0.39, 0.29) is 18.7 Å². The Bertz CT molecular complexity index is 306. The molecule has 0 fully saturated rings. The molecule has 5 heteroatoms. The zero-order chi connectivity index (χ0) is 10.4. The van der Waals surface area contributed by atoms with Crippen molar-refractivity contribution < 1.29 is 14.7 Å². The lowest BCUT2D eigenvalue weighted by Gasteiger charge is -1.99. The number of rotatable bonds is 6. The van der Waals surface area contributed by atoms with Gasteiger partial charge in [-0.1, -0.05) is 0 Å². The van der Waals surface area contributed by atoms with E-state index in [1.807, 2.05) is 0 Å². The molecule has 0 aliphatic rings. The number of carbonyl (C=O) groups excluding carboxylic acids is 1. The standard InChI is InChI=1S/C9H12N2O3/c12-8(7-1-3-10-5-7)6-11-4-2-9(13)14/h1,3,5,10-11H,2,4,6H2,(H,13,14). The molecular weight excluding hydrogens is 184 g/mol. The quantitative estimate of drug-likeness (QED) is 0.450. The summed E-state index contributed by atoms with van der Waals surface area (Å²) < 4.78 is 0. The first-order valence-corrected chi connectivity index (χ1v) is 4.28. The van der Waals surface area contributed by atoms with Gasteiger partial charge in [0.1, 0.15) is 0 Å². The van der Waals surface area contributed by atoms with Crippen LogP contribution in [0.3, 0.4) is 0 Å². The van der Waals surface area contributed by atoms with Crippen LogP contribution >= 0.6 is 0 Å². The largest absolute Gasteiger partial charge is 0.481 e. The summed E-state index contributed by atoms with van der Waals surface area (Å²) in [6.07, 6.45) is 3.31. The van der Waals surface area contributed by atoms with E-state index in [9.17, 15) is 9.59 Å². The number of ketones is 1. The van der Waals surface area contributed by atoms with Crippen molar-refractivity contribution >= 4 is 11.8 Å². The first-order chi connectivity index (χ1) is 6.70. The summed E-state index contributed by atoms with van der Waals surface area (Å²) in [6.45, 7) is 0.483. The van der Waals surface area contributed by atoms with Crippen LogP contribution in [0.25, 0.3) is 0 Å². The van der Waals surface area contributed by atoms with Crippen LogP contribution in [0, 0.1) is 0 Å². The third kappa shape index (κ3) is 3.40. The van der Waals surface area contributed by atoms with Crippen LogP contribution in [0.2, 0.25) is 0 Å². The minimum atomic E-state index is -0.869. The van der Waals surface area contributed by atoms with Gasteiger partial charge in [0.15, 0.2) is 5.78 Å². The fourth-order valence-corrected chi connectivity index (χ4v) is 0.997. The van der Waals surface area contributed by atoms with E-state index in [1.54, 1.807) is 18.5 Å². The van der Waals surface area contributed by atoms with Gasteiger partial charge in [-0.3, -0.25) is 9.59 Å². The van der Waals surface area contributed by atoms with E-state index in [2.05, 4.69) is 10.3 Å². The average molecular weight is 196 g/mol. The first-order valence-electron chi connectivity index (χ1n) is 4.28. The second kappa shape index (κ2) is 5.18. The molecule has 0 saturated heterocycles. The number of carboxylic acids is 1. The fourth-order valence-electron chi connectivity index (χ4n) is 0.997. The van der Waals surface area contributed by atoms with E-state index in [1.165, 1.54) is 0 Å². The number of hydrogen-bond acceptors (Lipinski definition) is 3. The summed E-state index contributed by atoms with van der Waals surface area (Å²) in [6, 6.07) is 1.68. The SMILES string of the molecule is O=C(O)CCNCC(=O)c1cc[nH]c1. The molecule has 0 radical (unpaired) electrons. The van der Waals surface area contributed by atoms with Gasteiger partial charge in [-0.05, 0) is 6.07 Å². The Morgan fingerprint density at radius 1 is 1.50 bits per heavy atom. The van der Waals surface area contributed by atoms with Crippen LogP contribution in [-0.4, -0.2) is 34.9 Å². The van der Waals surface area contributed by atoms with Crippen LogP contribution in [0.5, 0.6) is 0 Å². The van der Waals surface area contributed by atoms with Crippen LogP contribution in [-0.2, 0) is 4.79 Å². The molecule has 76 valence electrons. The number of carboxylic acid groups (broad SMARTS) is 1. The van der Waals surface area contributed by atoms with Crippen molar-refractivity contribution in [2.75, 3.05) is 13.1 Å². The van der Waals surface area contributed by atoms with E-state index in [0.717, 1.165) is 0 Å². The highest BCUT2D eigenvalue weighted by molar-refractivity contribution is 5.97. The summed E-state index contributed by atoms with van der Waals surface area (Å²) in [5, 5.41) is 11.1. The normalized spacial score (nSPS) is 10.0. The van der Waals surface area contributed by atoms with Crippen molar-refractivity contribution in [3.05, 3.63) is 24.0 Å². The Hall–Kier alpha value is -1.62. The summed E-state index contributed by atoms with van der Waals surface area (Å²) in [7, 11) is 0. The lowest BCUT2D eigenvalue weighted by Crippen LogP contribution is -2.25. The summed E-state index contributed by atoms with van der Waals surface area (Å²) >= 11 is 0. The van der Waals surface area contributed by atoms with Crippen molar-refractivity contribution in [2.24, 2.45) is 0 Å². The summed E-state index contributed by atoms with van der Waals surface area (Å²) in [5.74, 6) is -0.914. The fraction of sp³-hybridized carbons (Fsp3) is 0.333. The van der Waals surface area contributed by atoms with E-state index in [4.69, 9.17) is 5.11 Å². The smallest absolute Gasteiger partial charge is 0.304 e. The highest BCUT2D eigenvalue weighted by Crippen LogP contribution is 1.96. The molecule has 0 atom stereocenters. The lowest BCUT2D eigenvalue weighted by atomic mass is 10.2. The predicted octanol–water partition coefficient (Wildman–Crippen LogP) is 0.262. The van der Waals surface area contributed by atoms with Gasteiger partial charge in [-0.2, -0.15) is 0 Å². The first kappa shape index (κ1) is 10.5. The molecule has 0 unspecified atom stereocenters. The molecule has 0 saturated carbocycles. The molecule has 0 bridgehead atoms. The Labute approximate surface area is 81.1 Å². The van der Waals surface area contributed by atoms with Crippen molar-refractivity contribution in [1.29, 1.82) is 0 Å². The Morgan fingerprint density at radius 3 is 2.86 bits per heavy atom. The number of nitrogens with one attached hydrogen (secondary N) is 2. The van der Waals surface area contributed by atoms with E-state index in [0.29, 0.717) is 12.1 Å². The second-order valence-corrected chi connectivity index (χ2v) is 2.84. The maximum atomic E-state index is 11.3. The lowest BCUT2D eigenvalue weighted by molar-refractivity contribution is -0.136. The van der Waals surface area contributed by atoms with Gasteiger partial charge >= 0.3 is 5.97 Å². The monoisotopic (exact) mass is 196 g/mol. The summed E-state index contributed by atoms with van der Waals surface area (Å²) in [5.41, 5.74) is 0.604. The minimum absolute atomic E-state index is 0.0282. The number of Topliss-reactive ketones (excluding diaryl/α,β-unsaturated/α-hetero) is 1. The zero-order valence-corrected chi connectivity index (χ0v) is 7.62. The average Bonchev–Trinajstić information content (AvgIpc) is 2.64. The molecule has 0 amide bonds. The van der Waals surface area contributed by atoms with Gasteiger partial charge in [0.05, 0.1) is 13.0 Å². The number of hydrogen-bond donors (Lipinski definition) is 3. The zero-order valence-electron chi connectivity index (χ0n) is 7.62. The van der Waals surface area contributed by atoms with E-state index >= 15 is 0 Å². The van der Waals surface area contributed by atoms with Gasteiger partial charge in [-0.15, -0.1) is 0 Å². The number of aromatic amines is 1. The third-order valence-electron chi connectivity index (χ3n) is 1.72. The molecule has 3 N–H and O–H groups in total. The maximum Gasteiger partial charge on any atom is 0.304 e. The Morgan fingerprint density at radius 2 is 2.29 bits per heavy atom. The van der Waals surface area contributed by atoms with Crippen molar-refractivity contribution in [1.82, 2.24) is 10.3 Å². The molecular formula is C9H12N2O3. The second-order valence-electron chi connectivity index (χ2n) is 2.84. The number of aliphatic carboxylic acids is 1. The molecule has 1 heterocycles. The van der Waals surface area contributed by atoms with Crippen molar-refractivity contribution in [3.63, 3.8) is 0 Å². The number of carbonyl (C=O) groups is 2. The third-order valence-corrected chi connectivity index (χ3v) is 1.72. The van der Waals surface area contributed by atoms with Crippen LogP contribution < -0.4 is 5.32 Å². The number of aromatic nitrogens is 1. The van der Waals surface area contributed by atoms with Crippen LogP contribution in [0.4, 0.5) is 0 Å². The molecule has 5 nitrogen and oxygen atoms in total. The van der Waals surface area contributed by atoms with Crippen LogP contribution in [0.15, 0.2) is 18.5 Å². The maximum absolute atomic E-state index is 11.3. The molecule has 0 aliphatic heterocycles. The van der Waals surface area contributed by atoms with Gasteiger partial charge in [0, 0.05) is 24.5 Å². The molecule has 0 aliphatic carbocycles. The molecule has 0 spiro atoms. The van der Waals surface area contributed by atoms with E-state index < -0.39 is 5.97 Å². The summed E-state index contributed by atoms with van der Waals surface area (Å²) in [4.78, 5) is 24.2. The van der Waals surface area contributed by atoms with Gasteiger partial charge < -0.3 is 15.4 Å². The highest BCUT2D eigenvalue weighted by atomic mass is 16.4. The molecule has 0 aromatic carbocycles. The van der Waals surface area contributed by atoms with Crippen molar-refractivity contribution in [3.8, 4) is 0 Å². The Balaban J connectivity index is 2.19. The van der Waals surface area contributed by atoms with Gasteiger partial charge in [0.2, 0.25) is 0 Å². The van der Waals surface area contributed by atoms with Crippen molar-refractivity contribution in [2.45, 2.75) is 6.42 Å². The number of H-pyrrole nitrogens is 1. The van der Waals surface area contributed by atoms with Crippen LogP contribution in [0.1, 0.15) is 16.8 Å². The Kier molecular flexibility index (Phi) is 3.87. The molecule has 14 heavy (non-hydrogen) atoms.